The number of likely N-dealkylation sites (N-methyl/N-ethyl adjacent to an activating group) is 1. The summed E-state index contributed by atoms with van der Waals surface area (Å²) in [5.41, 5.74) is 0.634. The predicted molar refractivity (Wildman–Crippen MR) is 115 cm³/mol. The number of hydrogen-bond donors (Lipinski definition) is 0. The lowest BCUT2D eigenvalue weighted by Crippen LogP contribution is -2.45. The minimum absolute atomic E-state index is 0.0295. The molecule has 0 saturated carbocycles. The highest BCUT2D eigenvalue weighted by atomic mass is 35.5. The van der Waals surface area contributed by atoms with Crippen molar-refractivity contribution in [3.8, 4) is 0 Å². The van der Waals surface area contributed by atoms with E-state index in [9.17, 15) is 14.4 Å². The number of carbonyl (C=O) groups excluding carboxylic acids is 3. The van der Waals surface area contributed by atoms with Gasteiger partial charge in [0.1, 0.15) is 0 Å². The van der Waals surface area contributed by atoms with Gasteiger partial charge in [-0.25, -0.2) is 0 Å². The highest BCUT2D eigenvalue weighted by Gasteiger charge is 2.53. The smallest absolute Gasteiger partial charge is 0.240 e. The molecule has 0 aromatic heterocycles. The summed E-state index contributed by atoms with van der Waals surface area (Å²) in [5, 5.41) is 0.407. The molecular formula is C24H25ClN2O3. The summed E-state index contributed by atoms with van der Waals surface area (Å²) in [6, 6.07) is 17.4. The fourth-order valence-electron chi connectivity index (χ4n) is 4.74. The van der Waals surface area contributed by atoms with Crippen molar-refractivity contribution < 1.29 is 14.4 Å². The highest BCUT2D eigenvalue weighted by molar-refractivity contribution is 6.32. The van der Waals surface area contributed by atoms with Gasteiger partial charge in [0, 0.05) is 38.0 Å². The Morgan fingerprint density at radius 1 is 1.03 bits per heavy atom. The zero-order chi connectivity index (χ0) is 21.3. The number of hydrogen-bond acceptors (Lipinski definition) is 3. The maximum absolute atomic E-state index is 13.2. The fraction of sp³-hybridized carbons (Fsp3) is 0.375. The Kier molecular flexibility index (Phi) is 5.65. The quantitative estimate of drug-likeness (QED) is 0.702. The van der Waals surface area contributed by atoms with Crippen molar-refractivity contribution in [2.24, 2.45) is 0 Å². The number of amides is 3. The van der Waals surface area contributed by atoms with Gasteiger partial charge < -0.3 is 4.90 Å². The van der Waals surface area contributed by atoms with E-state index in [1.165, 1.54) is 12.6 Å². The van der Waals surface area contributed by atoms with Crippen molar-refractivity contribution in [3.63, 3.8) is 0 Å². The average molecular weight is 425 g/mol. The van der Waals surface area contributed by atoms with Gasteiger partial charge in [0.25, 0.3) is 0 Å². The van der Waals surface area contributed by atoms with Crippen LogP contribution >= 0.6 is 11.6 Å². The third-order valence-corrected chi connectivity index (χ3v) is 6.83. The van der Waals surface area contributed by atoms with Gasteiger partial charge in [-0.15, -0.1) is 0 Å². The van der Waals surface area contributed by atoms with Gasteiger partial charge in [-0.2, -0.15) is 0 Å². The number of rotatable bonds is 4. The van der Waals surface area contributed by atoms with E-state index >= 15 is 0 Å². The van der Waals surface area contributed by atoms with E-state index in [1.807, 2.05) is 23.1 Å². The van der Waals surface area contributed by atoms with Crippen LogP contribution in [0.4, 0.5) is 0 Å². The molecule has 30 heavy (non-hydrogen) atoms. The Bertz CT molecular complexity index is 969. The summed E-state index contributed by atoms with van der Waals surface area (Å²) >= 11 is 6.40. The SMILES string of the molecule is CN1C(=O)C[C@@](CC(=O)N2CCC(c3ccccc3)CC2)(c2ccccc2Cl)C1=O. The first kappa shape index (κ1) is 20.6. The van der Waals surface area contributed by atoms with Gasteiger partial charge >= 0.3 is 0 Å². The number of piperidine rings is 1. The van der Waals surface area contributed by atoms with Crippen LogP contribution in [0.3, 0.4) is 0 Å². The number of halogens is 1. The van der Waals surface area contributed by atoms with Crippen LogP contribution < -0.4 is 0 Å². The van der Waals surface area contributed by atoms with Crippen LogP contribution in [0.25, 0.3) is 0 Å². The monoisotopic (exact) mass is 424 g/mol. The molecule has 0 unspecified atom stereocenters. The molecule has 0 N–H and O–H groups in total. The maximum atomic E-state index is 13.2. The van der Waals surface area contributed by atoms with Gasteiger partial charge in [-0.3, -0.25) is 19.3 Å². The Hall–Kier alpha value is -2.66. The molecule has 4 rings (SSSR count). The van der Waals surface area contributed by atoms with E-state index in [-0.39, 0.29) is 30.6 Å². The second-order valence-electron chi connectivity index (χ2n) is 8.24. The largest absolute Gasteiger partial charge is 0.343 e. The van der Waals surface area contributed by atoms with E-state index in [4.69, 9.17) is 11.6 Å². The first-order chi connectivity index (χ1) is 14.4. The van der Waals surface area contributed by atoms with Crippen LogP contribution in [0.5, 0.6) is 0 Å². The van der Waals surface area contributed by atoms with Crippen molar-refractivity contribution in [3.05, 3.63) is 70.7 Å². The first-order valence-corrected chi connectivity index (χ1v) is 10.7. The molecule has 2 fully saturated rings. The zero-order valence-corrected chi connectivity index (χ0v) is 17.8. The molecule has 6 heteroatoms. The topological polar surface area (TPSA) is 57.7 Å². The van der Waals surface area contributed by atoms with Crippen LogP contribution in [0, 0.1) is 0 Å². The molecule has 2 aliphatic rings. The van der Waals surface area contributed by atoms with Crippen LogP contribution in [-0.4, -0.2) is 47.7 Å². The lowest BCUT2D eigenvalue weighted by atomic mass is 9.75. The van der Waals surface area contributed by atoms with Gasteiger partial charge in [0.05, 0.1) is 5.41 Å². The van der Waals surface area contributed by atoms with Gasteiger partial charge in [0.15, 0.2) is 0 Å². The number of imide groups is 1. The number of likely N-dealkylation sites (tertiary alicyclic amines) is 2. The normalized spacial score (nSPS) is 22.6. The molecule has 5 nitrogen and oxygen atoms in total. The lowest BCUT2D eigenvalue weighted by molar-refractivity contribution is -0.141. The first-order valence-electron chi connectivity index (χ1n) is 10.3. The van der Waals surface area contributed by atoms with E-state index in [0.717, 1.165) is 17.7 Å². The molecule has 2 aromatic rings. The molecule has 0 radical (unpaired) electrons. The third kappa shape index (κ3) is 3.63. The second kappa shape index (κ2) is 8.23. The fourth-order valence-corrected chi connectivity index (χ4v) is 5.05. The van der Waals surface area contributed by atoms with Gasteiger partial charge in [-0.1, -0.05) is 60.1 Å². The summed E-state index contributed by atoms with van der Waals surface area (Å²) in [4.78, 5) is 41.7. The Morgan fingerprint density at radius 2 is 1.67 bits per heavy atom. The molecule has 3 amide bonds. The van der Waals surface area contributed by atoms with Crippen LogP contribution in [-0.2, 0) is 19.8 Å². The van der Waals surface area contributed by atoms with Crippen molar-refractivity contribution in [1.29, 1.82) is 0 Å². The van der Waals surface area contributed by atoms with E-state index < -0.39 is 5.41 Å². The van der Waals surface area contributed by atoms with Crippen LogP contribution in [0.1, 0.15) is 42.7 Å². The van der Waals surface area contributed by atoms with Crippen molar-refractivity contribution in [2.45, 2.75) is 37.0 Å². The molecule has 2 aliphatic heterocycles. The maximum Gasteiger partial charge on any atom is 0.240 e. The average Bonchev–Trinajstić information content (AvgIpc) is 2.99. The molecule has 2 heterocycles. The van der Waals surface area contributed by atoms with Crippen LogP contribution in [0.15, 0.2) is 54.6 Å². The van der Waals surface area contributed by atoms with Gasteiger partial charge in [-0.05, 0) is 36.0 Å². The molecule has 0 bridgehead atoms. The highest BCUT2D eigenvalue weighted by Crippen LogP contribution is 2.43. The summed E-state index contributed by atoms with van der Waals surface area (Å²) in [7, 11) is 1.47. The molecule has 2 aromatic carbocycles. The summed E-state index contributed by atoms with van der Waals surface area (Å²) in [5.74, 6) is -0.296. The third-order valence-electron chi connectivity index (χ3n) is 6.50. The van der Waals surface area contributed by atoms with Crippen LogP contribution in [0.2, 0.25) is 5.02 Å². The number of carbonyl (C=O) groups is 3. The second-order valence-corrected chi connectivity index (χ2v) is 8.65. The van der Waals surface area contributed by atoms with Crippen molar-refractivity contribution in [1.82, 2.24) is 9.80 Å². The minimum Gasteiger partial charge on any atom is -0.343 e. The summed E-state index contributed by atoms with van der Waals surface area (Å²) in [6.07, 6.45) is 1.71. The number of benzene rings is 2. The summed E-state index contributed by atoms with van der Waals surface area (Å²) < 4.78 is 0. The molecule has 0 aliphatic carbocycles. The van der Waals surface area contributed by atoms with E-state index in [1.54, 1.807) is 24.3 Å². The van der Waals surface area contributed by atoms with Crippen molar-refractivity contribution in [2.75, 3.05) is 20.1 Å². The minimum atomic E-state index is -1.22. The Morgan fingerprint density at radius 3 is 2.27 bits per heavy atom. The molecular weight excluding hydrogens is 400 g/mol. The lowest BCUT2D eigenvalue weighted by Gasteiger charge is -2.35. The Balaban J connectivity index is 1.53. The molecule has 156 valence electrons. The molecule has 1 atom stereocenters. The van der Waals surface area contributed by atoms with Gasteiger partial charge in [0.2, 0.25) is 17.7 Å². The number of nitrogens with zero attached hydrogens (tertiary/aromatic N) is 2. The van der Waals surface area contributed by atoms with E-state index in [2.05, 4.69) is 12.1 Å². The van der Waals surface area contributed by atoms with Crippen molar-refractivity contribution >= 4 is 29.3 Å². The molecule has 2 saturated heterocycles. The van der Waals surface area contributed by atoms with E-state index in [0.29, 0.717) is 29.6 Å². The molecule has 0 spiro atoms. The Labute approximate surface area is 181 Å². The predicted octanol–water partition coefficient (Wildman–Crippen LogP) is 3.76. The zero-order valence-electron chi connectivity index (χ0n) is 17.0. The summed E-state index contributed by atoms with van der Waals surface area (Å²) in [6.45, 7) is 1.30. The standard InChI is InChI=1S/C24H25ClN2O3/c1-26-21(28)15-24(23(26)30,19-9-5-6-10-20(19)25)16-22(29)27-13-11-18(12-14-27)17-7-3-2-4-8-17/h2-10,18H,11-16H2,1H3/t24-/m1/s1.